The molecule has 4 rings (SSSR count). The van der Waals surface area contributed by atoms with Crippen molar-refractivity contribution >= 4 is 40.8 Å². The summed E-state index contributed by atoms with van der Waals surface area (Å²) < 4.78 is 3.45. The van der Waals surface area contributed by atoms with Gasteiger partial charge in [-0.25, -0.2) is 4.98 Å². The molecule has 1 aliphatic rings. The highest BCUT2D eigenvalue weighted by molar-refractivity contribution is 7.97. The Labute approximate surface area is 207 Å². The lowest BCUT2D eigenvalue weighted by Crippen LogP contribution is -2.44. The standard InChI is InChI=1S/C26H35N7S/c1-19-18-27-25(29-20-9-11-22(12-10-20)33-15-13-32(5)14-16-33)30-24(19)28-21-7-6-8-23(17-21)34-31-26(2,3)4/h6-12,17-18,31H,13-16H2,1-5H3,(H2,27,28,29,30). The summed E-state index contributed by atoms with van der Waals surface area (Å²) in [4.78, 5) is 15.1. The van der Waals surface area contributed by atoms with E-state index >= 15 is 0 Å². The molecule has 1 saturated heterocycles. The second kappa shape index (κ2) is 10.6. The lowest BCUT2D eigenvalue weighted by molar-refractivity contribution is 0.313. The van der Waals surface area contributed by atoms with Gasteiger partial charge in [-0.15, -0.1) is 0 Å². The number of hydrogen-bond acceptors (Lipinski definition) is 8. The van der Waals surface area contributed by atoms with Crippen LogP contribution in [-0.4, -0.2) is 53.6 Å². The molecule has 0 spiro atoms. The van der Waals surface area contributed by atoms with Crippen molar-refractivity contribution in [3.05, 3.63) is 60.3 Å². The summed E-state index contributed by atoms with van der Waals surface area (Å²) >= 11 is 1.63. The van der Waals surface area contributed by atoms with Crippen molar-refractivity contribution < 1.29 is 0 Å². The van der Waals surface area contributed by atoms with Gasteiger partial charge < -0.3 is 20.4 Å². The number of aryl methyl sites for hydroxylation is 1. The zero-order valence-corrected chi connectivity index (χ0v) is 21.5. The average Bonchev–Trinajstić information content (AvgIpc) is 2.81. The molecule has 8 heteroatoms. The predicted octanol–water partition coefficient (Wildman–Crippen LogP) is 5.42. The number of rotatable bonds is 7. The largest absolute Gasteiger partial charge is 0.369 e. The van der Waals surface area contributed by atoms with Crippen molar-refractivity contribution in [3.8, 4) is 0 Å². The topological polar surface area (TPSA) is 68.4 Å². The number of piperazine rings is 1. The Balaban J connectivity index is 1.41. The Morgan fingerprint density at radius 1 is 0.912 bits per heavy atom. The lowest BCUT2D eigenvalue weighted by atomic mass is 10.1. The summed E-state index contributed by atoms with van der Waals surface area (Å²) in [6.07, 6.45) is 1.84. The van der Waals surface area contributed by atoms with Crippen molar-refractivity contribution in [2.45, 2.75) is 38.1 Å². The van der Waals surface area contributed by atoms with E-state index in [9.17, 15) is 0 Å². The monoisotopic (exact) mass is 477 g/mol. The Morgan fingerprint density at radius 3 is 2.35 bits per heavy atom. The quantitative estimate of drug-likeness (QED) is 0.390. The van der Waals surface area contributed by atoms with E-state index in [0.717, 1.165) is 53.8 Å². The van der Waals surface area contributed by atoms with Crippen LogP contribution >= 0.6 is 11.9 Å². The highest BCUT2D eigenvalue weighted by atomic mass is 32.2. The summed E-state index contributed by atoms with van der Waals surface area (Å²) in [5.41, 5.74) is 4.25. The number of aromatic nitrogens is 2. The fourth-order valence-electron chi connectivity index (χ4n) is 3.56. The molecule has 0 bridgehead atoms. The van der Waals surface area contributed by atoms with Crippen LogP contribution in [0.2, 0.25) is 0 Å². The molecular formula is C26H35N7S. The average molecular weight is 478 g/mol. The van der Waals surface area contributed by atoms with Gasteiger partial charge in [0.15, 0.2) is 0 Å². The Bertz CT molecular complexity index is 1090. The number of hydrogen-bond donors (Lipinski definition) is 3. The van der Waals surface area contributed by atoms with Crippen LogP contribution in [0.3, 0.4) is 0 Å². The second-order valence-electron chi connectivity index (χ2n) is 9.79. The van der Waals surface area contributed by atoms with Gasteiger partial charge in [0.2, 0.25) is 5.95 Å². The zero-order chi connectivity index (χ0) is 24.1. The van der Waals surface area contributed by atoms with E-state index < -0.39 is 0 Å². The van der Waals surface area contributed by atoms with E-state index in [1.54, 1.807) is 11.9 Å². The maximum atomic E-state index is 4.73. The molecule has 1 fully saturated rings. The molecule has 3 N–H and O–H groups in total. The maximum Gasteiger partial charge on any atom is 0.229 e. The van der Waals surface area contributed by atoms with Gasteiger partial charge in [-0.1, -0.05) is 6.07 Å². The van der Waals surface area contributed by atoms with Crippen LogP contribution < -0.4 is 20.3 Å². The maximum absolute atomic E-state index is 4.73. The van der Waals surface area contributed by atoms with E-state index in [0.29, 0.717) is 5.95 Å². The van der Waals surface area contributed by atoms with Crippen LogP contribution in [0.4, 0.5) is 28.8 Å². The minimum Gasteiger partial charge on any atom is -0.369 e. The molecule has 2 aromatic carbocycles. The van der Waals surface area contributed by atoms with Gasteiger partial charge >= 0.3 is 0 Å². The molecule has 0 unspecified atom stereocenters. The van der Waals surface area contributed by atoms with Gasteiger partial charge in [-0.05, 0) is 89.2 Å². The fraction of sp³-hybridized carbons (Fsp3) is 0.385. The minimum absolute atomic E-state index is 0.0423. The van der Waals surface area contributed by atoms with E-state index in [2.05, 4.69) is 94.4 Å². The number of likely N-dealkylation sites (N-methyl/N-ethyl adjacent to an activating group) is 1. The molecule has 2 heterocycles. The normalized spacial score (nSPS) is 14.8. The minimum atomic E-state index is 0.0423. The first-order valence-corrected chi connectivity index (χ1v) is 12.5. The van der Waals surface area contributed by atoms with Crippen molar-refractivity contribution in [1.82, 2.24) is 19.6 Å². The predicted molar refractivity (Wildman–Crippen MR) is 145 cm³/mol. The highest BCUT2D eigenvalue weighted by Crippen LogP contribution is 2.26. The Morgan fingerprint density at radius 2 is 1.65 bits per heavy atom. The molecule has 3 aromatic rings. The van der Waals surface area contributed by atoms with E-state index in [-0.39, 0.29) is 5.54 Å². The summed E-state index contributed by atoms with van der Waals surface area (Å²) in [5.74, 6) is 1.36. The Hall–Kier alpha value is -2.81. The molecule has 0 atom stereocenters. The molecule has 0 radical (unpaired) electrons. The molecule has 0 amide bonds. The van der Waals surface area contributed by atoms with E-state index in [1.807, 2.05) is 25.3 Å². The molecule has 0 saturated carbocycles. The van der Waals surface area contributed by atoms with E-state index in [1.165, 1.54) is 5.69 Å². The third-order valence-corrected chi connectivity index (χ3v) is 6.74. The molecule has 34 heavy (non-hydrogen) atoms. The van der Waals surface area contributed by atoms with Crippen LogP contribution in [0.25, 0.3) is 0 Å². The summed E-state index contributed by atoms with van der Waals surface area (Å²) in [6, 6.07) is 16.8. The summed E-state index contributed by atoms with van der Waals surface area (Å²) in [5, 5.41) is 6.79. The van der Waals surface area contributed by atoms with E-state index in [4.69, 9.17) is 4.98 Å². The van der Waals surface area contributed by atoms with Crippen LogP contribution in [0.1, 0.15) is 26.3 Å². The lowest BCUT2D eigenvalue weighted by Gasteiger charge is -2.34. The molecule has 1 aliphatic heterocycles. The Kier molecular flexibility index (Phi) is 7.60. The first kappa shape index (κ1) is 24.3. The van der Waals surface area contributed by atoms with Crippen LogP contribution in [0.15, 0.2) is 59.6 Å². The van der Waals surface area contributed by atoms with Gasteiger partial charge in [0.1, 0.15) is 5.82 Å². The third kappa shape index (κ3) is 6.85. The molecule has 7 nitrogen and oxygen atoms in total. The summed E-state index contributed by atoms with van der Waals surface area (Å²) in [6.45, 7) is 12.8. The van der Waals surface area contributed by atoms with Gasteiger partial charge in [0.05, 0.1) is 0 Å². The smallest absolute Gasteiger partial charge is 0.229 e. The number of nitrogens with zero attached hydrogens (tertiary/aromatic N) is 4. The van der Waals surface area contributed by atoms with Gasteiger partial charge in [-0.2, -0.15) is 4.98 Å². The number of anilines is 5. The van der Waals surface area contributed by atoms with Crippen molar-refractivity contribution in [3.63, 3.8) is 0 Å². The van der Waals surface area contributed by atoms with Crippen molar-refractivity contribution in [1.29, 1.82) is 0 Å². The van der Waals surface area contributed by atoms with Crippen molar-refractivity contribution in [2.75, 3.05) is 48.8 Å². The zero-order valence-electron chi connectivity index (χ0n) is 20.7. The van der Waals surface area contributed by atoms with Crippen LogP contribution in [0, 0.1) is 6.92 Å². The first-order chi connectivity index (χ1) is 16.2. The molecular weight excluding hydrogens is 442 g/mol. The highest BCUT2D eigenvalue weighted by Gasteiger charge is 2.14. The van der Waals surface area contributed by atoms with Crippen LogP contribution in [-0.2, 0) is 0 Å². The molecule has 180 valence electrons. The third-order valence-electron chi connectivity index (χ3n) is 5.54. The first-order valence-electron chi connectivity index (χ1n) is 11.7. The summed E-state index contributed by atoms with van der Waals surface area (Å²) in [7, 11) is 2.18. The number of nitrogens with one attached hydrogen (secondary N) is 3. The van der Waals surface area contributed by atoms with Gasteiger partial charge in [0, 0.05) is 65.4 Å². The fourth-order valence-corrected chi connectivity index (χ4v) is 4.32. The molecule has 0 aliphatic carbocycles. The molecule has 1 aromatic heterocycles. The number of benzene rings is 2. The van der Waals surface area contributed by atoms with Gasteiger partial charge in [0.25, 0.3) is 0 Å². The SMILES string of the molecule is Cc1cnc(Nc2ccc(N3CCN(C)CC3)cc2)nc1Nc1cccc(SNC(C)(C)C)c1. The van der Waals surface area contributed by atoms with Crippen molar-refractivity contribution in [2.24, 2.45) is 0 Å². The van der Waals surface area contributed by atoms with Crippen LogP contribution in [0.5, 0.6) is 0 Å². The second-order valence-corrected chi connectivity index (χ2v) is 10.7. The van der Waals surface area contributed by atoms with Gasteiger partial charge in [-0.3, -0.25) is 4.72 Å².